The van der Waals surface area contributed by atoms with Crippen LogP contribution in [0.3, 0.4) is 0 Å². The summed E-state index contributed by atoms with van der Waals surface area (Å²) in [5.74, 6) is 2.22. The van der Waals surface area contributed by atoms with E-state index in [0.29, 0.717) is 0 Å². The van der Waals surface area contributed by atoms with Gasteiger partial charge in [0.1, 0.15) is 22.7 Å². The molecule has 2 aliphatic heterocycles. The molecule has 0 fully saturated rings. The van der Waals surface area contributed by atoms with Gasteiger partial charge in [-0.15, -0.1) is 0 Å². The van der Waals surface area contributed by atoms with Crippen LogP contribution >= 0.6 is 0 Å². The van der Waals surface area contributed by atoms with Gasteiger partial charge in [0.15, 0.2) is 0 Å². The van der Waals surface area contributed by atoms with Crippen molar-refractivity contribution in [1.82, 2.24) is 0 Å². The summed E-state index contributed by atoms with van der Waals surface area (Å²) in [5, 5.41) is 2.49. The Hall–Kier alpha value is -3.20. The maximum atomic E-state index is 6.46. The lowest BCUT2D eigenvalue weighted by Crippen LogP contribution is -2.60. The van der Waals surface area contributed by atoms with Crippen LogP contribution < -0.4 is 16.4 Å². The molecule has 144 valence electrons. The lowest BCUT2D eigenvalue weighted by molar-refractivity contribution is 0.562. The van der Waals surface area contributed by atoms with Crippen molar-refractivity contribution in [3.63, 3.8) is 0 Å². The molecule has 0 bridgehead atoms. The van der Waals surface area contributed by atoms with E-state index in [1.807, 2.05) is 0 Å². The summed E-state index contributed by atoms with van der Waals surface area (Å²) in [6, 6.07) is 17.9. The van der Waals surface area contributed by atoms with Gasteiger partial charge in [-0.1, -0.05) is 47.4 Å². The van der Waals surface area contributed by atoms with Crippen LogP contribution in [0.25, 0.3) is 21.9 Å². The van der Waals surface area contributed by atoms with Crippen LogP contribution in [0.4, 0.5) is 0 Å². The zero-order chi connectivity index (χ0) is 20.1. The Kier molecular flexibility index (Phi) is 3.03. The van der Waals surface area contributed by atoms with Gasteiger partial charge in [-0.05, 0) is 66.1 Å². The third kappa shape index (κ3) is 2.05. The highest BCUT2D eigenvalue weighted by atomic mass is 16.3. The number of fused-ring (bicyclic) bond motifs is 8. The maximum absolute atomic E-state index is 6.46. The fourth-order valence-electron chi connectivity index (χ4n) is 5.84. The molecule has 0 spiro atoms. The monoisotopic (exact) mass is 388 g/mol. The average Bonchev–Trinajstić information content (AvgIpc) is 3.23. The van der Waals surface area contributed by atoms with Crippen LogP contribution in [0.2, 0.25) is 0 Å². The van der Waals surface area contributed by atoms with Gasteiger partial charge < -0.3 is 8.83 Å². The summed E-state index contributed by atoms with van der Waals surface area (Å²) in [4.78, 5) is 0. The van der Waals surface area contributed by atoms with Crippen LogP contribution in [-0.4, -0.2) is 6.71 Å². The zero-order valence-corrected chi connectivity index (χ0v) is 17.4. The van der Waals surface area contributed by atoms with Crippen LogP contribution in [-0.2, 0) is 12.8 Å². The van der Waals surface area contributed by atoms with Crippen LogP contribution in [0.1, 0.15) is 39.3 Å². The average molecular weight is 388 g/mol. The van der Waals surface area contributed by atoms with Crippen molar-refractivity contribution in [1.29, 1.82) is 0 Å². The number of hydrogen-bond acceptors (Lipinski definition) is 2. The number of benzene rings is 3. The van der Waals surface area contributed by atoms with Gasteiger partial charge in [0.2, 0.25) is 0 Å². The number of furan rings is 2. The van der Waals surface area contributed by atoms with Crippen LogP contribution in [0, 0.1) is 20.8 Å². The van der Waals surface area contributed by atoms with E-state index in [0.717, 1.165) is 35.5 Å². The minimum atomic E-state index is 0.177. The van der Waals surface area contributed by atoms with E-state index in [9.17, 15) is 0 Å². The van der Waals surface area contributed by atoms with Crippen molar-refractivity contribution >= 4 is 45.0 Å². The van der Waals surface area contributed by atoms with E-state index in [4.69, 9.17) is 8.83 Å². The third-order valence-corrected chi connectivity index (χ3v) is 6.99. The molecule has 7 rings (SSSR count). The van der Waals surface area contributed by atoms with Crippen molar-refractivity contribution in [2.24, 2.45) is 0 Å². The van der Waals surface area contributed by atoms with Crippen molar-refractivity contribution in [2.45, 2.75) is 33.6 Å². The molecule has 3 heteroatoms. The highest BCUT2D eigenvalue weighted by Crippen LogP contribution is 2.31. The summed E-state index contributed by atoms with van der Waals surface area (Å²) in [5.41, 5.74) is 12.8. The second-order valence-corrected chi connectivity index (χ2v) is 9.16. The van der Waals surface area contributed by atoms with Crippen molar-refractivity contribution in [3.05, 3.63) is 87.9 Å². The first kappa shape index (κ1) is 16.6. The normalized spacial score (nSPS) is 14.2. The van der Waals surface area contributed by atoms with E-state index in [-0.39, 0.29) is 6.71 Å². The van der Waals surface area contributed by atoms with Crippen LogP contribution in [0.15, 0.2) is 57.4 Å². The Balaban J connectivity index is 1.63. The number of hydrogen-bond donors (Lipinski definition) is 0. The summed E-state index contributed by atoms with van der Waals surface area (Å²) in [6.07, 6.45) is 1.74. The second kappa shape index (κ2) is 5.48. The molecule has 0 amide bonds. The topological polar surface area (TPSA) is 26.3 Å². The lowest BCUT2D eigenvalue weighted by Gasteiger charge is -2.30. The molecule has 30 heavy (non-hydrogen) atoms. The van der Waals surface area contributed by atoms with Gasteiger partial charge in [0, 0.05) is 23.6 Å². The van der Waals surface area contributed by atoms with E-state index in [2.05, 4.69) is 69.3 Å². The summed E-state index contributed by atoms with van der Waals surface area (Å²) in [6.45, 7) is 6.63. The molecule has 0 saturated carbocycles. The first-order chi connectivity index (χ1) is 14.6. The SMILES string of the molecule is Cc1cc2c3c(c1)Cc1oc4cc(C)ccc4c1B3c1c(oc3cc(C)ccc13)C2. The van der Waals surface area contributed by atoms with Gasteiger partial charge in [-0.2, -0.15) is 0 Å². The van der Waals surface area contributed by atoms with Gasteiger partial charge in [-0.3, -0.25) is 0 Å². The van der Waals surface area contributed by atoms with Crippen molar-refractivity contribution in [3.8, 4) is 0 Å². The van der Waals surface area contributed by atoms with E-state index < -0.39 is 0 Å². The Bertz CT molecular complexity index is 1420. The van der Waals surface area contributed by atoms with Crippen molar-refractivity contribution < 1.29 is 8.83 Å². The lowest BCUT2D eigenvalue weighted by atomic mass is 9.31. The molecular weight excluding hydrogens is 367 g/mol. The second-order valence-electron chi connectivity index (χ2n) is 9.16. The molecule has 4 heterocycles. The highest BCUT2D eigenvalue weighted by Gasteiger charge is 2.42. The Morgan fingerprint density at radius 1 is 0.600 bits per heavy atom. The molecule has 0 aliphatic carbocycles. The molecule has 2 aliphatic rings. The molecule has 0 saturated heterocycles. The summed E-state index contributed by atoms with van der Waals surface area (Å²) in [7, 11) is 0. The molecular formula is C27H21BO2. The van der Waals surface area contributed by atoms with Gasteiger partial charge >= 0.3 is 0 Å². The van der Waals surface area contributed by atoms with E-state index in [1.54, 1.807) is 0 Å². The Morgan fingerprint density at radius 3 is 1.60 bits per heavy atom. The maximum Gasteiger partial charge on any atom is 0.252 e. The highest BCUT2D eigenvalue weighted by molar-refractivity contribution is 6.99. The fourth-order valence-corrected chi connectivity index (χ4v) is 5.84. The molecule has 0 atom stereocenters. The minimum absolute atomic E-state index is 0.177. The third-order valence-electron chi connectivity index (χ3n) is 6.99. The molecule has 3 aromatic carbocycles. The first-order valence-corrected chi connectivity index (χ1v) is 10.7. The van der Waals surface area contributed by atoms with Gasteiger partial charge in [0.25, 0.3) is 6.71 Å². The number of rotatable bonds is 0. The molecule has 2 nitrogen and oxygen atoms in total. The molecule has 2 aromatic heterocycles. The fraction of sp³-hybridized carbons (Fsp3) is 0.185. The van der Waals surface area contributed by atoms with E-state index in [1.165, 1.54) is 55.0 Å². The predicted molar refractivity (Wildman–Crippen MR) is 123 cm³/mol. The molecule has 5 aromatic rings. The quantitative estimate of drug-likeness (QED) is 0.360. The summed E-state index contributed by atoms with van der Waals surface area (Å²) >= 11 is 0. The summed E-state index contributed by atoms with van der Waals surface area (Å²) < 4.78 is 12.9. The van der Waals surface area contributed by atoms with Crippen LogP contribution in [0.5, 0.6) is 0 Å². The van der Waals surface area contributed by atoms with Gasteiger partial charge in [0.05, 0.1) is 0 Å². The largest absolute Gasteiger partial charge is 0.461 e. The minimum Gasteiger partial charge on any atom is -0.461 e. The van der Waals surface area contributed by atoms with Gasteiger partial charge in [-0.25, -0.2) is 0 Å². The standard InChI is InChI=1S/C27H21BO2/c1-14-4-6-19-21(10-14)29-23-12-17-8-16(3)9-18-13-24-27(28(25(17)18)26(19)23)20-7-5-15(2)11-22(20)30-24/h4-11H,12-13H2,1-3H3. The smallest absolute Gasteiger partial charge is 0.252 e. The molecule has 0 unspecified atom stereocenters. The first-order valence-electron chi connectivity index (χ1n) is 10.7. The molecule has 0 radical (unpaired) electrons. The number of aryl methyl sites for hydroxylation is 3. The predicted octanol–water partition coefficient (Wildman–Crippen LogP) is 4.43. The Labute approximate surface area is 175 Å². The Morgan fingerprint density at radius 2 is 1.10 bits per heavy atom. The zero-order valence-electron chi connectivity index (χ0n) is 17.4. The van der Waals surface area contributed by atoms with Crippen molar-refractivity contribution in [2.75, 3.05) is 0 Å². The van der Waals surface area contributed by atoms with E-state index >= 15 is 0 Å². The molecule has 0 N–H and O–H groups in total.